The van der Waals surface area contributed by atoms with E-state index < -0.39 is 0 Å². The molecular formula is C18H21N5O3S2. The van der Waals surface area contributed by atoms with E-state index in [9.17, 15) is 4.79 Å². The fourth-order valence-electron chi connectivity index (χ4n) is 2.37. The summed E-state index contributed by atoms with van der Waals surface area (Å²) in [5, 5.41) is 14.4. The van der Waals surface area contributed by atoms with Crippen molar-refractivity contribution in [3.05, 3.63) is 41.2 Å². The zero-order chi connectivity index (χ0) is 19.9. The Kier molecular flexibility index (Phi) is 6.88. The highest BCUT2D eigenvalue weighted by atomic mass is 32.2. The van der Waals surface area contributed by atoms with E-state index in [1.165, 1.54) is 23.1 Å². The number of carbonyl (C=O) groups excluding carboxylic acids is 1. The van der Waals surface area contributed by atoms with E-state index in [-0.39, 0.29) is 18.3 Å². The lowest BCUT2D eigenvalue weighted by Crippen LogP contribution is -2.14. The second kappa shape index (κ2) is 9.56. The number of methoxy groups -OCH3 is 1. The van der Waals surface area contributed by atoms with Crippen LogP contribution in [-0.2, 0) is 17.9 Å². The van der Waals surface area contributed by atoms with Gasteiger partial charge in [-0.05, 0) is 38.1 Å². The molecule has 0 unspecified atom stereocenters. The third kappa shape index (κ3) is 5.23. The quantitative estimate of drug-likeness (QED) is 0.532. The van der Waals surface area contributed by atoms with Crippen molar-refractivity contribution in [3.8, 4) is 11.5 Å². The van der Waals surface area contributed by atoms with Crippen molar-refractivity contribution in [1.29, 1.82) is 0 Å². The molecule has 0 aliphatic rings. The summed E-state index contributed by atoms with van der Waals surface area (Å²) < 4.78 is 12.9. The molecule has 10 heteroatoms. The van der Waals surface area contributed by atoms with Gasteiger partial charge >= 0.3 is 0 Å². The molecule has 1 aromatic carbocycles. The van der Waals surface area contributed by atoms with Crippen LogP contribution in [0.15, 0.2) is 34.8 Å². The zero-order valence-electron chi connectivity index (χ0n) is 15.8. The van der Waals surface area contributed by atoms with E-state index in [2.05, 4.69) is 20.5 Å². The van der Waals surface area contributed by atoms with Crippen LogP contribution in [0.4, 0.5) is 5.13 Å². The second-order valence-electron chi connectivity index (χ2n) is 5.74. The normalized spacial score (nSPS) is 10.7. The highest BCUT2D eigenvalue weighted by Gasteiger charge is 2.14. The van der Waals surface area contributed by atoms with E-state index in [1.54, 1.807) is 7.11 Å². The molecule has 0 bridgehead atoms. The number of anilines is 1. The number of nitrogens with zero attached hydrogens (tertiary/aromatic N) is 4. The van der Waals surface area contributed by atoms with Crippen LogP contribution in [0.25, 0.3) is 0 Å². The number of benzene rings is 1. The van der Waals surface area contributed by atoms with Crippen molar-refractivity contribution in [2.45, 2.75) is 32.2 Å². The van der Waals surface area contributed by atoms with E-state index in [4.69, 9.17) is 9.47 Å². The molecule has 1 amide bonds. The van der Waals surface area contributed by atoms with E-state index in [1.807, 2.05) is 48.1 Å². The van der Waals surface area contributed by atoms with Crippen LogP contribution in [-0.4, -0.2) is 38.5 Å². The molecular weight excluding hydrogens is 398 g/mol. The van der Waals surface area contributed by atoms with Crippen molar-refractivity contribution in [3.63, 3.8) is 0 Å². The van der Waals surface area contributed by atoms with E-state index in [0.717, 1.165) is 17.2 Å². The first-order valence-electron chi connectivity index (χ1n) is 8.62. The molecule has 8 nitrogen and oxygen atoms in total. The number of nitrogens with one attached hydrogen (secondary N) is 1. The largest absolute Gasteiger partial charge is 0.497 e. The number of rotatable bonds is 9. The summed E-state index contributed by atoms with van der Waals surface area (Å²) in [5.41, 5.74) is 0.889. The number of thiazole rings is 1. The van der Waals surface area contributed by atoms with Crippen molar-refractivity contribution in [2.75, 3.05) is 18.2 Å². The number of hydrogen-bond donors (Lipinski definition) is 1. The summed E-state index contributed by atoms with van der Waals surface area (Å²) in [6, 6.07) is 7.35. The van der Waals surface area contributed by atoms with Gasteiger partial charge < -0.3 is 19.4 Å². The summed E-state index contributed by atoms with van der Waals surface area (Å²) in [4.78, 5) is 16.3. The maximum absolute atomic E-state index is 12.1. The van der Waals surface area contributed by atoms with Crippen LogP contribution in [0, 0.1) is 6.92 Å². The number of carbonyl (C=O) groups is 1. The Morgan fingerprint density at radius 1 is 1.25 bits per heavy atom. The van der Waals surface area contributed by atoms with Crippen LogP contribution in [0.5, 0.6) is 11.5 Å². The topological polar surface area (TPSA) is 91.2 Å². The lowest BCUT2D eigenvalue weighted by atomic mass is 10.3. The number of thioether (sulfide) groups is 1. The molecule has 148 valence electrons. The Labute approximate surface area is 171 Å². The van der Waals surface area contributed by atoms with Crippen LogP contribution >= 0.6 is 23.1 Å². The van der Waals surface area contributed by atoms with E-state index in [0.29, 0.717) is 22.7 Å². The van der Waals surface area contributed by atoms with Gasteiger partial charge in [-0.2, -0.15) is 0 Å². The fourth-order valence-corrected chi connectivity index (χ4v) is 3.89. The molecule has 28 heavy (non-hydrogen) atoms. The van der Waals surface area contributed by atoms with Crippen LogP contribution in [0.1, 0.15) is 18.4 Å². The molecule has 2 aromatic heterocycles. The van der Waals surface area contributed by atoms with Crippen molar-refractivity contribution in [1.82, 2.24) is 19.7 Å². The van der Waals surface area contributed by atoms with Gasteiger partial charge in [-0.25, -0.2) is 4.98 Å². The second-order valence-corrected chi connectivity index (χ2v) is 7.54. The maximum Gasteiger partial charge on any atom is 0.236 e. The fraction of sp³-hybridized carbons (Fsp3) is 0.333. The number of aromatic nitrogens is 4. The Bertz CT molecular complexity index is 924. The lowest BCUT2D eigenvalue weighted by Gasteiger charge is -2.09. The summed E-state index contributed by atoms with van der Waals surface area (Å²) in [6.07, 6.45) is 0. The average molecular weight is 420 g/mol. The summed E-state index contributed by atoms with van der Waals surface area (Å²) >= 11 is 2.74. The third-order valence-electron chi connectivity index (χ3n) is 3.73. The first-order chi connectivity index (χ1) is 13.6. The SMILES string of the molecule is CCn1c(COc2ccc(OC)cc2)nnc1SCC(=O)Nc1nc(C)cs1. The average Bonchev–Trinajstić information content (AvgIpc) is 3.30. The molecule has 0 atom stereocenters. The minimum atomic E-state index is -0.124. The molecule has 0 spiro atoms. The molecule has 0 saturated carbocycles. The van der Waals surface area contributed by atoms with Crippen LogP contribution < -0.4 is 14.8 Å². The van der Waals surface area contributed by atoms with Gasteiger partial charge in [0.05, 0.1) is 18.6 Å². The minimum Gasteiger partial charge on any atom is -0.497 e. The zero-order valence-corrected chi connectivity index (χ0v) is 17.5. The first-order valence-corrected chi connectivity index (χ1v) is 10.5. The van der Waals surface area contributed by atoms with Crippen molar-refractivity contribution >= 4 is 34.1 Å². The molecule has 3 rings (SSSR count). The predicted octanol–water partition coefficient (Wildman–Crippen LogP) is 3.38. The molecule has 0 fully saturated rings. The van der Waals surface area contributed by atoms with Gasteiger partial charge in [0.15, 0.2) is 16.1 Å². The summed E-state index contributed by atoms with van der Waals surface area (Å²) in [5.74, 6) is 2.31. The van der Waals surface area contributed by atoms with Gasteiger partial charge in [-0.15, -0.1) is 21.5 Å². The van der Waals surface area contributed by atoms with Gasteiger partial charge in [0.2, 0.25) is 5.91 Å². The van der Waals surface area contributed by atoms with Gasteiger partial charge in [-0.3, -0.25) is 4.79 Å². The Hall–Kier alpha value is -2.59. The molecule has 0 aliphatic heterocycles. The lowest BCUT2D eigenvalue weighted by molar-refractivity contribution is -0.113. The van der Waals surface area contributed by atoms with E-state index >= 15 is 0 Å². The number of amides is 1. The number of aryl methyl sites for hydroxylation is 1. The Balaban J connectivity index is 1.55. The van der Waals surface area contributed by atoms with Gasteiger partial charge in [0.1, 0.15) is 18.1 Å². The van der Waals surface area contributed by atoms with Crippen molar-refractivity contribution < 1.29 is 14.3 Å². The number of ether oxygens (including phenoxy) is 2. The summed E-state index contributed by atoms with van der Waals surface area (Å²) in [6.45, 7) is 4.87. The molecule has 0 saturated heterocycles. The molecule has 1 N–H and O–H groups in total. The maximum atomic E-state index is 12.1. The smallest absolute Gasteiger partial charge is 0.236 e. The monoisotopic (exact) mass is 419 g/mol. The van der Waals surface area contributed by atoms with Crippen LogP contribution in [0.3, 0.4) is 0 Å². The third-order valence-corrected chi connectivity index (χ3v) is 5.58. The highest BCUT2D eigenvalue weighted by Crippen LogP contribution is 2.21. The molecule has 3 aromatic rings. The molecule has 2 heterocycles. The summed E-state index contributed by atoms with van der Waals surface area (Å²) in [7, 11) is 1.62. The number of hydrogen-bond acceptors (Lipinski definition) is 8. The highest BCUT2D eigenvalue weighted by molar-refractivity contribution is 7.99. The standard InChI is InChI=1S/C18H21N5O3S2/c1-4-23-15(9-26-14-7-5-13(25-3)6-8-14)21-22-18(23)28-11-16(24)20-17-19-12(2)10-27-17/h5-8,10H,4,9,11H2,1-3H3,(H,19,20,24). The molecule has 0 aliphatic carbocycles. The minimum absolute atomic E-state index is 0.124. The van der Waals surface area contributed by atoms with Gasteiger partial charge in [0.25, 0.3) is 0 Å². The first kappa shape index (κ1) is 20.2. The Morgan fingerprint density at radius 2 is 2.00 bits per heavy atom. The predicted molar refractivity (Wildman–Crippen MR) is 109 cm³/mol. The van der Waals surface area contributed by atoms with Crippen LogP contribution in [0.2, 0.25) is 0 Å². The Morgan fingerprint density at radius 3 is 2.64 bits per heavy atom. The molecule has 0 radical (unpaired) electrons. The van der Waals surface area contributed by atoms with Gasteiger partial charge in [-0.1, -0.05) is 11.8 Å². The van der Waals surface area contributed by atoms with Gasteiger partial charge in [0, 0.05) is 11.9 Å². The van der Waals surface area contributed by atoms with Crippen molar-refractivity contribution in [2.24, 2.45) is 0 Å².